The van der Waals surface area contributed by atoms with E-state index >= 15 is 0 Å². The summed E-state index contributed by atoms with van der Waals surface area (Å²) in [6, 6.07) is 9.23. The SMILES string of the molecule is CCOC(=O)[C@H]1CCCN(C(=O)Cn2c(=O)c3cnc(-c4ccccc4)nc3n(C)c2=O)C1. The molecule has 1 aliphatic rings. The normalized spacial score (nSPS) is 16.1. The van der Waals surface area contributed by atoms with E-state index in [2.05, 4.69) is 9.97 Å². The number of rotatable bonds is 5. The van der Waals surface area contributed by atoms with E-state index in [1.54, 1.807) is 6.92 Å². The fourth-order valence-electron chi connectivity index (χ4n) is 4.04. The topological polar surface area (TPSA) is 116 Å². The van der Waals surface area contributed by atoms with Gasteiger partial charge in [0.15, 0.2) is 11.5 Å². The first-order chi connectivity index (χ1) is 15.9. The Balaban J connectivity index is 1.63. The number of fused-ring (bicyclic) bond motifs is 1. The first-order valence-corrected chi connectivity index (χ1v) is 10.9. The van der Waals surface area contributed by atoms with Crippen LogP contribution in [0.2, 0.25) is 0 Å². The van der Waals surface area contributed by atoms with Crippen molar-refractivity contribution in [3.63, 3.8) is 0 Å². The van der Waals surface area contributed by atoms with Gasteiger partial charge in [0, 0.05) is 31.9 Å². The number of amides is 1. The number of benzene rings is 1. The minimum atomic E-state index is -0.641. The van der Waals surface area contributed by atoms with Gasteiger partial charge in [-0.3, -0.25) is 23.5 Å². The number of nitrogens with zero attached hydrogens (tertiary/aromatic N) is 5. The van der Waals surface area contributed by atoms with E-state index in [9.17, 15) is 19.2 Å². The molecule has 1 fully saturated rings. The van der Waals surface area contributed by atoms with Crippen molar-refractivity contribution in [2.45, 2.75) is 26.3 Å². The van der Waals surface area contributed by atoms with Crippen molar-refractivity contribution in [2.24, 2.45) is 13.0 Å². The predicted octanol–water partition coefficient (Wildman–Crippen LogP) is 0.959. The van der Waals surface area contributed by atoms with Gasteiger partial charge in [-0.1, -0.05) is 30.3 Å². The summed E-state index contributed by atoms with van der Waals surface area (Å²) in [4.78, 5) is 61.2. The van der Waals surface area contributed by atoms with Crippen LogP contribution in [-0.2, 0) is 27.9 Å². The molecule has 0 bridgehead atoms. The molecule has 0 N–H and O–H groups in total. The third kappa shape index (κ3) is 4.41. The largest absolute Gasteiger partial charge is 0.466 e. The molecule has 4 rings (SSSR count). The van der Waals surface area contributed by atoms with E-state index in [0.717, 1.165) is 10.1 Å². The maximum atomic E-state index is 13.1. The summed E-state index contributed by atoms with van der Waals surface area (Å²) in [5.74, 6) is -0.738. The smallest absolute Gasteiger partial charge is 0.332 e. The monoisotopic (exact) mass is 451 g/mol. The van der Waals surface area contributed by atoms with Crippen LogP contribution < -0.4 is 11.2 Å². The third-order valence-electron chi connectivity index (χ3n) is 5.80. The minimum Gasteiger partial charge on any atom is -0.466 e. The number of esters is 1. The zero-order valence-electron chi connectivity index (χ0n) is 18.6. The lowest BCUT2D eigenvalue weighted by Gasteiger charge is -2.31. The van der Waals surface area contributed by atoms with Crippen LogP contribution in [0.15, 0.2) is 46.1 Å². The molecule has 0 aliphatic carbocycles. The molecule has 0 saturated carbocycles. The Morgan fingerprint density at radius 1 is 1.18 bits per heavy atom. The number of aromatic nitrogens is 4. The third-order valence-corrected chi connectivity index (χ3v) is 5.80. The Kier molecular flexibility index (Phi) is 6.34. The molecule has 33 heavy (non-hydrogen) atoms. The van der Waals surface area contributed by atoms with E-state index in [-0.39, 0.29) is 30.2 Å². The molecule has 10 nitrogen and oxygen atoms in total. The highest BCUT2D eigenvalue weighted by Gasteiger charge is 2.30. The summed E-state index contributed by atoms with van der Waals surface area (Å²) in [5, 5.41) is 0.146. The Morgan fingerprint density at radius 3 is 2.67 bits per heavy atom. The highest BCUT2D eigenvalue weighted by molar-refractivity contribution is 5.79. The highest BCUT2D eigenvalue weighted by Crippen LogP contribution is 2.19. The van der Waals surface area contributed by atoms with Crippen LogP contribution in [0.3, 0.4) is 0 Å². The van der Waals surface area contributed by atoms with Crippen molar-refractivity contribution in [2.75, 3.05) is 19.7 Å². The number of ether oxygens (including phenoxy) is 1. The van der Waals surface area contributed by atoms with Gasteiger partial charge in [0.1, 0.15) is 11.9 Å². The Bertz CT molecular complexity index is 1310. The van der Waals surface area contributed by atoms with E-state index in [4.69, 9.17) is 4.74 Å². The summed E-state index contributed by atoms with van der Waals surface area (Å²) in [5.41, 5.74) is -0.312. The van der Waals surface area contributed by atoms with Crippen molar-refractivity contribution in [1.29, 1.82) is 0 Å². The van der Waals surface area contributed by atoms with Gasteiger partial charge < -0.3 is 9.64 Å². The van der Waals surface area contributed by atoms with E-state index in [1.807, 2.05) is 30.3 Å². The van der Waals surface area contributed by atoms with Gasteiger partial charge >= 0.3 is 11.7 Å². The number of aryl methyl sites for hydroxylation is 1. The molecule has 0 spiro atoms. The molecular weight excluding hydrogens is 426 g/mol. The lowest BCUT2D eigenvalue weighted by molar-refractivity contribution is -0.151. The van der Waals surface area contributed by atoms with Crippen LogP contribution in [0, 0.1) is 5.92 Å². The summed E-state index contributed by atoms with van der Waals surface area (Å²) >= 11 is 0. The fraction of sp³-hybridized carbons (Fsp3) is 0.391. The van der Waals surface area contributed by atoms with Crippen molar-refractivity contribution in [3.8, 4) is 11.4 Å². The van der Waals surface area contributed by atoms with Crippen LogP contribution >= 0.6 is 0 Å². The fourth-order valence-corrected chi connectivity index (χ4v) is 4.04. The quantitative estimate of drug-likeness (QED) is 0.531. The van der Waals surface area contributed by atoms with Gasteiger partial charge in [-0.15, -0.1) is 0 Å². The standard InChI is InChI=1S/C23H25N5O5/c1-3-33-22(31)16-10-7-11-27(13-16)18(29)14-28-21(30)17-12-24-19(15-8-5-4-6-9-15)25-20(17)26(2)23(28)32/h4-6,8-9,12,16H,3,7,10-11,13-14H2,1-2H3/t16-/m0/s1. The molecule has 0 unspecified atom stereocenters. The molecule has 1 aromatic carbocycles. The van der Waals surface area contributed by atoms with Gasteiger partial charge in [-0.2, -0.15) is 0 Å². The van der Waals surface area contributed by atoms with Crippen LogP contribution in [0.4, 0.5) is 0 Å². The summed E-state index contributed by atoms with van der Waals surface area (Å²) in [6.07, 6.45) is 2.67. The predicted molar refractivity (Wildman–Crippen MR) is 120 cm³/mol. The number of carbonyl (C=O) groups excluding carboxylic acids is 2. The van der Waals surface area contributed by atoms with Crippen molar-refractivity contribution >= 4 is 22.9 Å². The molecule has 2 aromatic heterocycles. The molecule has 3 aromatic rings. The summed E-state index contributed by atoms with van der Waals surface area (Å²) in [6.45, 7) is 2.26. The zero-order chi connectivity index (χ0) is 23.5. The van der Waals surface area contributed by atoms with Crippen LogP contribution in [0.5, 0.6) is 0 Å². The van der Waals surface area contributed by atoms with Crippen LogP contribution in [0.1, 0.15) is 19.8 Å². The number of carbonyl (C=O) groups is 2. The maximum absolute atomic E-state index is 13.1. The molecule has 1 saturated heterocycles. The molecule has 1 aliphatic heterocycles. The minimum absolute atomic E-state index is 0.146. The molecule has 172 valence electrons. The molecular formula is C23H25N5O5. The number of hydrogen-bond donors (Lipinski definition) is 0. The van der Waals surface area contributed by atoms with Crippen LogP contribution in [0.25, 0.3) is 22.4 Å². The first-order valence-electron chi connectivity index (χ1n) is 10.9. The molecule has 0 radical (unpaired) electrons. The summed E-state index contributed by atoms with van der Waals surface area (Å²) in [7, 11) is 1.50. The Morgan fingerprint density at radius 2 is 1.94 bits per heavy atom. The van der Waals surface area contributed by atoms with E-state index in [0.29, 0.717) is 25.2 Å². The molecule has 3 heterocycles. The van der Waals surface area contributed by atoms with Gasteiger partial charge in [0.25, 0.3) is 5.56 Å². The van der Waals surface area contributed by atoms with Crippen molar-refractivity contribution in [1.82, 2.24) is 24.0 Å². The lowest BCUT2D eigenvalue weighted by Crippen LogP contribution is -2.48. The van der Waals surface area contributed by atoms with Gasteiger partial charge in [0.2, 0.25) is 5.91 Å². The summed E-state index contributed by atoms with van der Waals surface area (Å²) < 4.78 is 7.21. The molecule has 1 amide bonds. The molecule has 1 atom stereocenters. The number of likely N-dealkylation sites (tertiary alicyclic amines) is 1. The highest BCUT2D eigenvalue weighted by atomic mass is 16.5. The molecule has 10 heteroatoms. The van der Waals surface area contributed by atoms with Gasteiger partial charge in [0.05, 0.1) is 12.5 Å². The number of hydrogen-bond acceptors (Lipinski definition) is 7. The average molecular weight is 451 g/mol. The lowest BCUT2D eigenvalue weighted by atomic mass is 9.98. The first kappa shape index (κ1) is 22.4. The van der Waals surface area contributed by atoms with E-state index in [1.165, 1.54) is 22.7 Å². The maximum Gasteiger partial charge on any atom is 0.332 e. The Hall–Kier alpha value is -3.82. The van der Waals surface area contributed by atoms with Crippen molar-refractivity contribution in [3.05, 3.63) is 57.4 Å². The Labute approximate surface area is 189 Å². The van der Waals surface area contributed by atoms with Gasteiger partial charge in [-0.25, -0.2) is 14.8 Å². The second-order valence-electron chi connectivity index (χ2n) is 7.96. The van der Waals surface area contributed by atoms with Gasteiger partial charge in [-0.05, 0) is 19.8 Å². The van der Waals surface area contributed by atoms with E-state index < -0.39 is 29.6 Å². The number of piperidine rings is 1. The average Bonchev–Trinajstić information content (AvgIpc) is 2.85. The second kappa shape index (κ2) is 9.35. The van der Waals surface area contributed by atoms with Crippen molar-refractivity contribution < 1.29 is 14.3 Å². The van der Waals surface area contributed by atoms with Crippen LogP contribution in [-0.4, -0.2) is 55.6 Å². The second-order valence-corrected chi connectivity index (χ2v) is 7.96. The zero-order valence-corrected chi connectivity index (χ0v) is 18.6.